The van der Waals surface area contributed by atoms with Gasteiger partial charge in [-0.1, -0.05) is 6.92 Å². The van der Waals surface area contributed by atoms with Crippen LogP contribution in [-0.4, -0.2) is 30.6 Å². The van der Waals surface area contributed by atoms with Crippen molar-refractivity contribution in [2.75, 3.05) is 13.7 Å². The second kappa shape index (κ2) is 7.40. The van der Waals surface area contributed by atoms with E-state index >= 15 is 0 Å². The molecule has 0 spiro atoms. The van der Waals surface area contributed by atoms with Gasteiger partial charge in [0.05, 0.1) is 30.8 Å². The largest absolute Gasteiger partial charge is 0.465 e. The standard InChI is InChI=1S/C20H26N2O3/c1-4-15-7-5-6-10-22(15)12-17-13(2)21-18-9-8-14(20(24)25-3)11-16(18)19(17)23/h8-9,11,15H,4-7,10,12H2,1-3H3,(H,21,23)/p+1. The number of likely N-dealkylation sites (tertiary alicyclic amines) is 1. The van der Waals surface area contributed by atoms with E-state index < -0.39 is 5.97 Å². The zero-order valence-electron chi connectivity index (χ0n) is 15.3. The number of nitrogens with one attached hydrogen (secondary N) is 2. The number of pyridine rings is 1. The molecular weight excluding hydrogens is 316 g/mol. The molecule has 1 aromatic heterocycles. The molecule has 134 valence electrons. The third kappa shape index (κ3) is 3.47. The van der Waals surface area contributed by atoms with E-state index in [1.807, 2.05) is 6.92 Å². The molecule has 2 aromatic rings. The Labute approximate surface area is 148 Å². The smallest absolute Gasteiger partial charge is 0.337 e. The molecular formula is C20H27N2O3+. The molecule has 0 bridgehead atoms. The summed E-state index contributed by atoms with van der Waals surface area (Å²) in [5, 5.41) is 0.563. The van der Waals surface area contributed by atoms with E-state index in [1.54, 1.807) is 18.2 Å². The number of carbonyl (C=O) groups is 1. The van der Waals surface area contributed by atoms with Crippen molar-refractivity contribution in [3.63, 3.8) is 0 Å². The van der Waals surface area contributed by atoms with E-state index in [0.29, 0.717) is 17.0 Å². The number of aromatic nitrogens is 1. The molecule has 2 heterocycles. The number of fused-ring (bicyclic) bond motifs is 1. The maximum Gasteiger partial charge on any atom is 0.337 e. The van der Waals surface area contributed by atoms with Gasteiger partial charge in [-0.05, 0) is 50.8 Å². The minimum absolute atomic E-state index is 0.0323. The van der Waals surface area contributed by atoms with Crippen LogP contribution in [0.4, 0.5) is 0 Å². The molecule has 0 amide bonds. The molecule has 2 unspecified atom stereocenters. The SMILES string of the molecule is CCC1CCCC[NH+]1Cc1c(C)[nH]c2ccc(C(=O)OC)cc2c1=O. The van der Waals surface area contributed by atoms with Crippen LogP contribution in [0.2, 0.25) is 0 Å². The summed E-state index contributed by atoms with van der Waals surface area (Å²) in [6, 6.07) is 5.74. The van der Waals surface area contributed by atoms with Gasteiger partial charge in [-0.25, -0.2) is 4.79 Å². The number of esters is 1. The monoisotopic (exact) mass is 343 g/mol. The molecule has 0 radical (unpaired) electrons. The van der Waals surface area contributed by atoms with Crippen molar-refractivity contribution in [1.29, 1.82) is 0 Å². The molecule has 25 heavy (non-hydrogen) atoms. The van der Waals surface area contributed by atoms with Crippen LogP contribution in [0.5, 0.6) is 0 Å². The first-order valence-corrected chi connectivity index (χ1v) is 9.13. The first-order chi connectivity index (χ1) is 12.0. The fraction of sp³-hybridized carbons (Fsp3) is 0.500. The summed E-state index contributed by atoms with van der Waals surface area (Å²) < 4.78 is 4.77. The summed E-state index contributed by atoms with van der Waals surface area (Å²) >= 11 is 0. The maximum absolute atomic E-state index is 13.1. The van der Waals surface area contributed by atoms with Crippen molar-refractivity contribution >= 4 is 16.9 Å². The molecule has 1 aliphatic heterocycles. The number of ether oxygens (including phenoxy) is 1. The van der Waals surface area contributed by atoms with Crippen LogP contribution >= 0.6 is 0 Å². The van der Waals surface area contributed by atoms with E-state index in [9.17, 15) is 9.59 Å². The fourth-order valence-corrected chi connectivity index (χ4v) is 4.01. The van der Waals surface area contributed by atoms with Gasteiger partial charge in [0, 0.05) is 16.6 Å². The van der Waals surface area contributed by atoms with E-state index in [1.165, 1.54) is 31.3 Å². The number of benzene rings is 1. The molecule has 3 rings (SSSR count). The van der Waals surface area contributed by atoms with Gasteiger partial charge in [-0.15, -0.1) is 0 Å². The van der Waals surface area contributed by atoms with Crippen LogP contribution in [0, 0.1) is 6.92 Å². The predicted octanol–water partition coefficient (Wildman–Crippen LogP) is 1.97. The number of hydrogen-bond donors (Lipinski definition) is 2. The van der Waals surface area contributed by atoms with Crippen molar-refractivity contribution in [3.05, 3.63) is 45.2 Å². The Kier molecular flexibility index (Phi) is 5.23. The number of hydrogen-bond acceptors (Lipinski definition) is 3. The fourth-order valence-electron chi connectivity index (χ4n) is 4.01. The average molecular weight is 343 g/mol. The van der Waals surface area contributed by atoms with Crippen LogP contribution in [0.3, 0.4) is 0 Å². The lowest BCUT2D eigenvalue weighted by molar-refractivity contribution is -0.944. The minimum atomic E-state index is -0.420. The van der Waals surface area contributed by atoms with E-state index in [4.69, 9.17) is 4.74 Å². The van der Waals surface area contributed by atoms with Crippen LogP contribution < -0.4 is 10.3 Å². The van der Waals surface area contributed by atoms with Gasteiger partial charge >= 0.3 is 5.97 Å². The van der Waals surface area contributed by atoms with Crippen molar-refractivity contribution in [2.24, 2.45) is 0 Å². The number of methoxy groups -OCH3 is 1. The number of carbonyl (C=O) groups excluding carboxylic acids is 1. The number of quaternary nitrogens is 1. The molecule has 1 saturated heterocycles. The average Bonchev–Trinajstić information content (AvgIpc) is 2.64. The van der Waals surface area contributed by atoms with Gasteiger partial charge in [0.1, 0.15) is 6.54 Å². The van der Waals surface area contributed by atoms with E-state index in [0.717, 1.165) is 36.3 Å². The minimum Gasteiger partial charge on any atom is -0.465 e. The summed E-state index contributed by atoms with van der Waals surface area (Å²) in [5.41, 5.74) is 2.97. The van der Waals surface area contributed by atoms with Gasteiger partial charge < -0.3 is 14.6 Å². The Morgan fingerprint density at radius 2 is 2.16 bits per heavy atom. The summed E-state index contributed by atoms with van der Waals surface area (Å²) in [6.07, 6.45) is 4.90. The Bertz CT molecular complexity index is 841. The summed E-state index contributed by atoms with van der Waals surface area (Å²) in [4.78, 5) is 29.7. The predicted molar refractivity (Wildman–Crippen MR) is 98.1 cm³/mol. The lowest BCUT2D eigenvalue weighted by Crippen LogP contribution is -3.15. The van der Waals surface area contributed by atoms with Gasteiger partial charge in [-0.3, -0.25) is 4.79 Å². The van der Waals surface area contributed by atoms with Crippen LogP contribution in [0.25, 0.3) is 10.9 Å². The number of piperidine rings is 1. The van der Waals surface area contributed by atoms with Gasteiger partial charge in [-0.2, -0.15) is 0 Å². The Balaban J connectivity index is 2.02. The highest BCUT2D eigenvalue weighted by molar-refractivity contribution is 5.94. The summed E-state index contributed by atoms with van der Waals surface area (Å²) in [5.74, 6) is -0.420. The van der Waals surface area contributed by atoms with Crippen molar-refractivity contribution in [1.82, 2.24) is 4.98 Å². The first-order valence-electron chi connectivity index (χ1n) is 9.13. The zero-order chi connectivity index (χ0) is 18.0. The van der Waals surface area contributed by atoms with Gasteiger partial charge in [0.2, 0.25) is 0 Å². The van der Waals surface area contributed by atoms with Crippen molar-refractivity contribution < 1.29 is 14.4 Å². The first kappa shape index (κ1) is 17.7. The second-order valence-electron chi connectivity index (χ2n) is 7.00. The maximum atomic E-state index is 13.1. The summed E-state index contributed by atoms with van der Waals surface area (Å²) in [7, 11) is 1.35. The highest BCUT2D eigenvalue weighted by Crippen LogP contribution is 2.15. The number of aryl methyl sites for hydroxylation is 1. The van der Waals surface area contributed by atoms with Crippen LogP contribution in [0.1, 0.15) is 54.2 Å². The highest BCUT2D eigenvalue weighted by Gasteiger charge is 2.26. The third-order valence-corrected chi connectivity index (χ3v) is 5.51. The molecule has 2 N–H and O–H groups in total. The Morgan fingerprint density at radius 1 is 1.36 bits per heavy atom. The molecule has 5 heteroatoms. The molecule has 5 nitrogen and oxygen atoms in total. The van der Waals surface area contributed by atoms with Gasteiger partial charge in [0.15, 0.2) is 5.43 Å². The third-order valence-electron chi connectivity index (χ3n) is 5.51. The topological polar surface area (TPSA) is 63.6 Å². The van der Waals surface area contributed by atoms with E-state index in [-0.39, 0.29) is 5.43 Å². The molecule has 0 saturated carbocycles. The van der Waals surface area contributed by atoms with Crippen LogP contribution in [0.15, 0.2) is 23.0 Å². The molecule has 1 aliphatic rings. The number of aromatic amines is 1. The van der Waals surface area contributed by atoms with Gasteiger partial charge in [0.25, 0.3) is 0 Å². The molecule has 0 aliphatic carbocycles. The highest BCUT2D eigenvalue weighted by atomic mass is 16.5. The number of H-pyrrole nitrogens is 1. The summed E-state index contributed by atoms with van der Waals surface area (Å²) in [6.45, 7) is 6.07. The molecule has 2 atom stereocenters. The van der Waals surface area contributed by atoms with Crippen molar-refractivity contribution in [2.45, 2.75) is 52.1 Å². The molecule has 1 fully saturated rings. The molecule has 1 aromatic carbocycles. The zero-order valence-corrected chi connectivity index (χ0v) is 15.3. The Morgan fingerprint density at radius 3 is 2.88 bits per heavy atom. The second-order valence-corrected chi connectivity index (χ2v) is 7.00. The van der Waals surface area contributed by atoms with Crippen molar-refractivity contribution in [3.8, 4) is 0 Å². The quantitative estimate of drug-likeness (QED) is 0.835. The van der Waals surface area contributed by atoms with Crippen LogP contribution in [-0.2, 0) is 11.3 Å². The van der Waals surface area contributed by atoms with E-state index in [2.05, 4.69) is 11.9 Å². The Hall–Kier alpha value is -2.14. The lowest BCUT2D eigenvalue weighted by Gasteiger charge is -2.32. The number of rotatable bonds is 4. The normalized spacial score (nSPS) is 20.6. The lowest BCUT2D eigenvalue weighted by atomic mass is 9.98.